The molecule has 7 heteroatoms. The lowest BCUT2D eigenvalue weighted by molar-refractivity contribution is 0.202. The van der Waals surface area contributed by atoms with E-state index in [1.165, 1.54) is 12.1 Å². The molecule has 154 valence electrons. The third-order valence-corrected chi connectivity index (χ3v) is 4.66. The van der Waals surface area contributed by atoms with Gasteiger partial charge in [0.2, 0.25) is 0 Å². The van der Waals surface area contributed by atoms with Gasteiger partial charge in [-0.15, -0.1) is 0 Å². The molecule has 0 fully saturated rings. The Balaban J connectivity index is 0.00000256. The molecule has 0 aliphatic heterocycles. The van der Waals surface area contributed by atoms with Crippen molar-refractivity contribution in [3.05, 3.63) is 84.2 Å². The predicted molar refractivity (Wildman–Crippen MR) is 115 cm³/mol. The molecule has 30 heavy (non-hydrogen) atoms. The van der Waals surface area contributed by atoms with Crippen LogP contribution in [-0.4, -0.2) is 23.7 Å². The molecule has 0 bridgehead atoms. The second-order valence-electron chi connectivity index (χ2n) is 6.58. The minimum absolute atomic E-state index is 0. The molecule has 4 rings (SSSR count). The number of nitrogens with one attached hydrogen (secondary N) is 1. The number of fused-ring (bicyclic) bond motifs is 1. The molecular weight excluding hydrogens is 386 g/mol. The molecule has 0 amide bonds. The first-order chi connectivity index (χ1) is 14.2. The average Bonchev–Trinajstić information content (AvgIpc) is 2.75. The molecule has 2 aromatic carbocycles. The lowest BCUT2D eigenvalue weighted by Crippen LogP contribution is -2.02. The van der Waals surface area contributed by atoms with Crippen LogP contribution in [-0.2, 0) is 11.2 Å². The summed E-state index contributed by atoms with van der Waals surface area (Å²) in [5.41, 5.74) is 2.58. The van der Waals surface area contributed by atoms with Gasteiger partial charge in [-0.1, -0.05) is 18.2 Å². The zero-order chi connectivity index (χ0) is 20.2. The maximum Gasteiger partial charge on any atom is 0.173 e. The van der Waals surface area contributed by atoms with E-state index in [0.717, 1.165) is 5.56 Å². The van der Waals surface area contributed by atoms with Crippen molar-refractivity contribution in [1.29, 1.82) is 0 Å². The summed E-state index contributed by atoms with van der Waals surface area (Å²) in [4.78, 5) is 8.42. The van der Waals surface area contributed by atoms with Crippen LogP contribution >= 0.6 is 0 Å². The number of aromatic nitrogens is 2. The fourth-order valence-electron chi connectivity index (χ4n) is 3.20. The van der Waals surface area contributed by atoms with E-state index in [9.17, 15) is 4.39 Å². The molecule has 0 saturated heterocycles. The Kier molecular flexibility index (Phi) is 6.66. The van der Waals surface area contributed by atoms with E-state index in [0.29, 0.717) is 29.6 Å². The number of methoxy groups -OCH3 is 1. The maximum atomic E-state index is 15.6. The van der Waals surface area contributed by atoms with Gasteiger partial charge in [0.15, 0.2) is 5.82 Å². The Labute approximate surface area is 173 Å². The van der Waals surface area contributed by atoms with Crippen LogP contribution in [0.15, 0.2) is 67.0 Å². The monoisotopic (exact) mass is 408 g/mol. The lowest BCUT2D eigenvalue weighted by Gasteiger charge is -2.15. The molecule has 0 unspecified atom stereocenters. The van der Waals surface area contributed by atoms with Gasteiger partial charge >= 0.3 is 0 Å². The van der Waals surface area contributed by atoms with Crippen molar-refractivity contribution >= 4 is 22.3 Å². The number of halogens is 2. The van der Waals surface area contributed by atoms with Crippen molar-refractivity contribution < 1.29 is 13.5 Å². The molecular formula is C23H22F2N4O. The number of anilines is 2. The molecule has 0 radical (unpaired) electrons. The Bertz CT molecular complexity index is 1150. The van der Waals surface area contributed by atoms with E-state index in [4.69, 9.17) is 4.74 Å². The zero-order valence-electron chi connectivity index (χ0n) is 16.5. The van der Waals surface area contributed by atoms with E-state index in [-0.39, 0.29) is 23.1 Å². The Morgan fingerprint density at radius 2 is 1.77 bits per heavy atom. The molecule has 4 aromatic rings. The van der Waals surface area contributed by atoms with Crippen LogP contribution < -0.4 is 11.5 Å². The van der Waals surface area contributed by atoms with Crippen molar-refractivity contribution in [2.75, 3.05) is 19.0 Å². The summed E-state index contributed by atoms with van der Waals surface area (Å²) in [6, 6.07) is 15.2. The first-order valence-corrected chi connectivity index (χ1v) is 9.20. The third-order valence-electron chi connectivity index (χ3n) is 4.66. The third kappa shape index (κ3) is 4.27. The number of pyridine rings is 2. The number of benzene rings is 2. The second-order valence-corrected chi connectivity index (χ2v) is 6.58. The molecule has 4 N–H and O–H groups in total. The van der Waals surface area contributed by atoms with Crippen LogP contribution in [0.4, 0.5) is 20.2 Å². The summed E-state index contributed by atoms with van der Waals surface area (Å²) in [6.45, 7) is 0.557. The van der Waals surface area contributed by atoms with Crippen LogP contribution in [0.5, 0.6) is 0 Å². The summed E-state index contributed by atoms with van der Waals surface area (Å²) in [5, 5.41) is 3.74. The minimum Gasteiger partial charge on any atom is -0.384 e. The Morgan fingerprint density at radius 3 is 2.50 bits per heavy atom. The fraction of sp³-hybridized carbons (Fsp3) is 0.130. The molecule has 2 heterocycles. The normalized spacial score (nSPS) is 10.6. The van der Waals surface area contributed by atoms with Crippen molar-refractivity contribution in [2.45, 2.75) is 6.42 Å². The summed E-state index contributed by atoms with van der Waals surface area (Å²) < 4.78 is 35.1. The van der Waals surface area contributed by atoms with E-state index in [2.05, 4.69) is 15.3 Å². The zero-order valence-corrected chi connectivity index (χ0v) is 16.5. The van der Waals surface area contributed by atoms with Crippen LogP contribution in [0.3, 0.4) is 0 Å². The van der Waals surface area contributed by atoms with E-state index < -0.39 is 11.6 Å². The molecule has 0 spiro atoms. The van der Waals surface area contributed by atoms with Crippen LogP contribution in [0.1, 0.15) is 5.56 Å². The molecule has 0 saturated carbocycles. The summed E-state index contributed by atoms with van der Waals surface area (Å²) in [6.07, 6.45) is 3.93. The summed E-state index contributed by atoms with van der Waals surface area (Å²) >= 11 is 0. The summed E-state index contributed by atoms with van der Waals surface area (Å²) in [7, 11) is 1.64. The Morgan fingerprint density at radius 1 is 1.00 bits per heavy atom. The van der Waals surface area contributed by atoms with Crippen LogP contribution in [0.2, 0.25) is 0 Å². The minimum atomic E-state index is -0.608. The smallest absolute Gasteiger partial charge is 0.173 e. The number of ether oxygens (including phenoxy) is 1. The molecule has 0 atom stereocenters. The van der Waals surface area contributed by atoms with Crippen molar-refractivity contribution in [3.8, 4) is 11.3 Å². The SMILES string of the molecule is COCCc1ccc2nc(-c3ccccc3F)c(F)c(Nc3ccncc3)c2c1.N. The first kappa shape index (κ1) is 21.3. The van der Waals surface area contributed by atoms with Crippen LogP contribution in [0.25, 0.3) is 22.2 Å². The number of hydrogen-bond donors (Lipinski definition) is 2. The highest BCUT2D eigenvalue weighted by molar-refractivity contribution is 5.96. The van der Waals surface area contributed by atoms with Gasteiger partial charge in [-0.25, -0.2) is 13.8 Å². The summed E-state index contributed by atoms with van der Waals surface area (Å²) in [5.74, 6) is -1.13. The van der Waals surface area contributed by atoms with Crippen molar-refractivity contribution in [2.24, 2.45) is 0 Å². The van der Waals surface area contributed by atoms with Gasteiger partial charge in [0, 0.05) is 36.1 Å². The molecule has 0 aliphatic rings. The fourth-order valence-corrected chi connectivity index (χ4v) is 3.20. The lowest BCUT2D eigenvalue weighted by atomic mass is 10.0. The van der Waals surface area contributed by atoms with E-state index in [1.54, 1.807) is 43.8 Å². The standard InChI is InChI=1S/C23H19F2N3O.H3N/c1-29-13-10-15-6-7-20-18(14-15)23(27-16-8-11-26-12-9-16)21(25)22(28-20)17-4-2-3-5-19(17)24;/h2-9,11-12,14H,10,13H2,1H3,(H,26,27,28);1H3. The van der Waals surface area contributed by atoms with E-state index >= 15 is 4.39 Å². The van der Waals surface area contributed by atoms with E-state index in [1.807, 2.05) is 18.2 Å². The maximum absolute atomic E-state index is 15.6. The average molecular weight is 408 g/mol. The van der Waals surface area contributed by atoms with Crippen molar-refractivity contribution in [1.82, 2.24) is 16.1 Å². The molecule has 5 nitrogen and oxygen atoms in total. The highest BCUT2D eigenvalue weighted by Gasteiger charge is 2.19. The highest BCUT2D eigenvalue weighted by atomic mass is 19.1. The van der Waals surface area contributed by atoms with Gasteiger partial charge in [-0.2, -0.15) is 0 Å². The number of hydrogen-bond acceptors (Lipinski definition) is 5. The molecule has 0 aliphatic carbocycles. The second kappa shape index (κ2) is 9.39. The van der Waals surface area contributed by atoms with Gasteiger partial charge in [-0.05, 0) is 48.4 Å². The quantitative estimate of drug-likeness (QED) is 0.430. The predicted octanol–water partition coefficient (Wildman–Crippen LogP) is 5.67. The first-order valence-electron chi connectivity index (χ1n) is 9.20. The topological polar surface area (TPSA) is 82.0 Å². The van der Waals surface area contributed by atoms with Crippen molar-refractivity contribution in [3.63, 3.8) is 0 Å². The van der Waals surface area contributed by atoms with Gasteiger partial charge < -0.3 is 16.2 Å². The largest absolute Gasteiger partial charge is 0.384 e. The van der Waals surface area contributed by atoms with Gasteiger partial charge in [-0.3, -0.25) is 4.98 Å². The number of nitrogens with zero attached hydrogens (tertiary/aromatic N) is 2. The highest BCUT2D eigenvalue weighted by Crippen LogP contribution is 2.35. The van der Waals surface area contributed by atoms with Gasteiger partial charge in [0.25, 0.3) is 0 Å². The van der Waals surface area contributed by atoms with Crippen LogP contribution in [0, 0.1) is 11.6 Å². The number of rotatable bonds is 6. The molecule has 2 aromatic heterocycles. The Hall–Kier alpha value is -3.42. The van der Waals surface area contributed by atoms with Gasteiger partial charge in [0.1, 0.15) is 11.5 Å². The van der Waals surface area contributed by atoms with Gasteiger partial charge in [0.05, 0.1) is 17.8 Å².